The summed E-state index contributed by atoms with van der Waals surface area (Å²) in [5.41, 5.74) is 1.99. The van der Waals surface area contributed by atoms with Crippen molar-refractivity contribution in [3.05, 3.63) is 46.5 Å². The number of nitrogens with zero attached hydrogens (tertiary/aromatic N) is 3. The van der Waals surface area contributed by atoms with Crippen molar-refractivity contribution in [3.63, 3.8) is 0 Å². The molecule has 152 valence electrons. The summed E-state index contributed by atoms with van der Waals surface area (Å²) in [5.74, 6) is 2.95. The number of aromatic nitrogens is 2. The number of likely N-dealkylation sites (tertiary alicyclic amines) is 1. The predicted octanol–water partition coefficient (Wildman–Crippen LogP) is 3.76. The zero-order valence-corrected chi connectivity index (χ0v) is 17.3. The van der Waals surface area contributed by atoms with E-state index in [1.807, 2.05) is 39.9 Å². The first-order chi connectivity index (χ1) is 14.2. The average Bonchev–Trinajstić information content (AvgIpc) is 3.52. The van der Waals surface area contributed by atoms with Crippen molar-refractivity contribution >= 4 is 17.2 Å². The summed E-state index contributed by atoms with van der Waals surface area (Å²) in [6.07, 6.45) is 1.70. The zero-order valence-electron chi connectivity index (χ0n) is 16.5. The minimum Gasteiger partial charge on any atom is -0.497 e. The first-order valence-corrected chi connectivity index (χ1v) is 10.5. The second-order valence-electron chi connectivity index (χ2n) is 6.95. The Morgan fingerprint density at radius 3 is 2.93 bits per heavy atom. The molecular weight excluding hydrogens is 390 g/mol. The van der Waals surface area contributed by atoms with Crippen molar-refractivity contribution in [2.75, 3.05) is 27.3 Å². The molecule has 29 heavy (non-hydrogen) atoms. The normalized spacial score (nSPS) is 16.2. The summed E-state index contributed by atoms with van der Waals surface area (Å²) < 4.78 is 16.5. The average molecular weight is 413 g/mol. The fourth-order valence-electron chi connectivity index (χ4n) is 3.63. The lowest BCUT2D eigenvalue weighted by atomic mass is 9.97. The molecule has 3 aromatic rings. The molecule has 0 saturated carbocycles. The molecule has 1 amide bonds. The highest BCUT2D eigenvalue weighted by molar-refractivity contribution is 7.08. The van der Waals surface area contributed by atoms with Crippen LogP contribution in [0, 0.1) is 0 Å². The van der Waals surface area contributed by atoms with Crippen LogP contribution in [0.5, 0.6) is 11.5 Å². The molecule has 1 saturated heterocycles. The molecule has 8 heteroatoms. The van der Waals surface area contributed by atoms with Crippen molar-refractivity contribution in [3.8, 4) is 23.0 Å². The van der Waals surface area contributed by atoms with Gasteiger partial charge in [-0.05, 0) is 36.1 Å². The molecule has 7 nitrogen and oxygen atoms in total. The topological polar surface area (TPSA) is 77.7 Å². The minimum absolute atomic E-state index is 0.102. The molecule has 1 aliphatic rings. The number of rotatable bonds is 7. The molecule has 0 unspecified atom stereocenters. The molecule has 1 aromatic carbocycles. The Morgan fingerprint density at radius 1 is 1.28 bits per heavy atom. The molecule has 0 radical (unpaired) electrons. The lowest BCUT2D eigenvalue weighted by Crippen LogP contribution is -2.28. The first-order valence-electron chi connectivity index (χ1n) is 9.52. The van der Waals surface area contributed by atoms with E-state index in [0.29, 0.717) is 31.2 Å². The van der Waals surface area contributed by atoms with Gasteiger partial charge in [-0.3, -0.25) is 4.79 Å². The van der Waals surface area contributed by atoms with Gasteiger partial charge in [-0.15, -0.1) is 10.2 Å². The van der Waals surface area contributed by atoms with E-state index in [0.717, 1.165) is 35.6 Å². The van der Waals surface area contributed by atoms with Gasteiger partial charge in [0.2, 0.25) is 17.7 Å². The molecule has 0 spiro atoms. The van der Waals surface area contributed by atoms with Crippen LogP contribution in [0.3, 0.4) is 0 Å². The molecule has 1 aliphatic heterocycles. The van der Waals surface area contributed by atoms with Gasteiger partial charge in [0.15, 0.2) is 0 Å². The van der Waals surface area contributed by atoms with Crippen LogP contribution >= 0.6 is 11.3 Å². The van der Waals surface area contributed by atoms with Crippen LogP contribution in [0.1, 0.15) is 30.2 Å². The van der Waals surface area contributed by atoms with E-state index in [2.05, 4.69) is 10.2 Å². The van der Waals surface area contributed by atoms with Crippen LogP contribution in [-0.4, -0.2) is 48.3 Å². The molecule has 0 bridgehead atoms. The van der Waals surface area contributed by atoms with Crippen LogP contribution in [-0.2, 0) is 11.2 Å². The maximum atomic E-state index is 12.7. The Bertz CT molecular complexity index is 970. The maximum absolute atomic E-state index is 12.7. The molecule has 1 fully saturated rings. The molecule has 0 N–H and O–H groups in total. The number of methoxy groups -OCH3 is 2. The standard InChI is InChI=1S/C21H23N3O4S/c1-26-16-3-4-18(27-2)17(11-16)14-7-9-24(12-14)20(25)6-5-19-22-23-21(28-19)15-8-10-29-13-15/h3-4,8,10-11,13-14H,5-7,9,12H2,1-2H3/t14-/m1/s1. The molecule has 0 aliphatic carbocycles. The van der Waals surface area contributed by atoms with Crippen molar-refractivity contribution in [1.82, 2.24) is 15.1 Å². The van der Waals surface area contributed by atoms with Gasteiger partial charge < -0.3 is 18.8 Å². The summed E-state index contributed by atoms with van der Waals surface area (Å²) in [7, 11) is 3.31. The van der Waals surface area contributed by atoms with Crippen LogP contribution in [0.15, 0.2) is 39.4 Å². The van der Waals surface area contributed by atoms with Gasteiger partial charge in [-0.25, -0.2) is 0 Å². The largest absolute Gasteiger partial charge is 0.497 e. The van der Waals surface area contributed by atoms with Gasteiger partial charge in [0.25, 0.3) is 0 Å². The van der Waals surface area contributed by atoms with E-state index in [1.54, 1.807) is 25.6 Å². The smallest absolute Gasteiger partial charge is 0.248 e. The lowest BCUT2D eigenvalue weighted by molar-refractivity contribution is -0.130. The number of hydrogen-bond donors (Lipinski definition) is 0. The van der Waals surface area contributed by atoms with E-state index in [-0.39, 0.29) is 11.8 Å². The third-order valence-corrected chi connectivity index (χ3v) is 5.89. The number of ether oxygens (including phenoxy) is 2. The zero-order chi connectivity index (χ0) is 20.2. The summed E-state index contributed by atoms with van der Waals surface area (Å²) in [6.45, 7) is 1.40. The molecule has 2 aromatic heterocycles. The van der Waals surface area contributed by atoms with Crippen molar-refractivity contribution in [2.45, 2.75) is 25.2 Å². The second kappa shape index (κ2) is 8.65. The van der Waals surface area contributed by atoms with E-state index >= 15 is 0 Å². The number of hydrogen-bond acceptors (Lipinski definition) is 7. The van der Waals surface area contributed by atoms with Gasteiger partial charge in [-0.2, -0.15) is 11.3 Å². The van der Waals surface area contributed by atoms with E-state index in [4.69, 9.17) is 13.9 Å². The van der Waals surface area contributed by atoms with Gasteiger partial charge in [0.1, 0.15) is 11.5 Å². The highest BCUT2D eigenvalue weighted by atomic mass is 32.1. The highest BCUT2D eigenvalue weighted by Crippen LogP contribution is 2.36. The number of amides is 1. The summed E-state index contributed by atoms with van der Waals surface area (Å²) >= 11 is 1.58. The molecule has 1 atom stereocenters. The van der Waals surface area contributed by atoms with Gasteiger partial charge in [0.05, 0.1) is 14.2 Å². The maximum Gasteiger partial charge on any atom is 0.248 e. The summed E-state index contributed by atoms with van der Waals surface area (Å²) in [6, 6.07) is 7.74. The number of carbonyl (C=O) groups is 1. The van der Waals surface area contributed by atoms with Gasteiger partial charge >= 0.3 is 0 Å². The number of benzene rings is 1. The monoisotopic (exact) mass is 413 g/mol. The van der Waals surface area contributed by atoms with Crippen molar-refractivity contribution in [2.24, 2.45) is 0 Å². The van der Waals surface area contributed by atoms with Crippen LogP contribution in [0.4, 0.5) is 0 Å². The molecule has 4 rings (SSSR count). The highest BCUT2D eigenvalue weighted by Gasteiger charge is 2.29. The van der Waals surface area contributed by atoms with Gasteiger partial charge in [-0.1, -0.05) is 0 Å². The predicted molar refractivity (Wildman–Crippen MR) is 109 cm³/mol. The van der Waals surface area contributed by atoms with E-state index < -0.39 is 0 Å². The Morgan fingerprint density at radius 2 is 2.17 bits per heavy atom. The van der Waals surface area contributed by atoms with Gasteiger partial charge in [0, 0.05) is 48.4 Å². The number of thiophene rings is 1. The Balaban J connectivity index is 1.35. The van der Waals surface area contributed by atoms with Crippen LogP contribution in [0.2, 0.25) is 0 Å². The summed E-state index contributed by atoms with van der Waals surface area (Å²) in [5, 5.41) is 12.0. The Labute approximate surface area is 173 Å². The SMILES string of the molecule is COc1ccc(OC)c([C@@H]2CCN(C(=O)CCc3nnc(-c4ccsc4)o3)C2)c1. The van der Waals surface area contributed by atoms with Crippen molar-refractivity contribution < 1.29 is 18.7 Å². The molecule has 3 heterocycles. The Kier molecular flexibility index (Phi) is 5.80. The number of aryl methyl sites for hydroxylation is 1. The van der Waals surface area contributed by atoms with Crippen molar-refractivity contribution in [1.29, 1.82) is 0 Å². The van der Waals surface area contributed by atoms with Crippen LogP contribution < -0.4 is 9.47 Å². The van der Waals surface area contributed by atoms with Crippen LogP contribution in [0.25, 0.3) is 11.5 Å². The quantitative estimate of drug-likeness (QED) is 0.587. The second-order valence-corrected chi connectivity index (χ2v) is 7.73. The third-order valence-electron chi connectivity index (χ3n) is 5.21. The fourth-order valence-corrected chi connectivity index (χ4v) is 4.26. The third kappa shape index (κ3) is 4.27. The fraction of sp³-hybridized carbons (Fsp3) is 0.381. The first kappa shape index (κ1) is 19.4. The summed E-state index contributed by atoms with van der Waals surface area (Å²) in [4.78, 5) is 14.6. The Hall–Kier alpha value is -2.87. The number of carbonyl (C=O) groups excluding carboxylic acids is 1. The van der Waals surface area contributed by atoms with E-state index in [9.17, 15) is 4.79 Å². The molecular formula is C21H23N3O4S. The van der Waals surface area contributed by atoms with E-state index in [1.165, 1.54) is 0 Å². The minimum atomic E-state index is 0.102. The lowest BCUT2D eigenvalue weighted by Gasteiger charge is -2.18.